The Morgan fingerprint density at radius 2 is 1.86 bits per heavy atom. The number of nitrogens with zero attached hydrogens (tertiary/aromatic N) is 3. The van der Waals surface area contributed by atoms with Gasteiger partial charge in [0.2, 0.25) is 5.78 Å². The van der Waals surface area contributed by atoms with Crippen molar-refractivity contribution >= 4 is 28.6 Å². The minimum Gasteiger partial charge on any atom is -0.496 e. The fraction of sp³-hybridized carbons (Fsp3) is 0.0769. The number of fused-ring (bicyclic) bond motifs is 1. The van der Waals surface area contributed by atoms with Gasteiger partial charge >= 0.3 is 0 Å². The zero-order chi connectivity index (χ0) is 24.9. The van der Waals surface area contributed by atoms with E-state index in [0.29, 0.717) is 21.9 Å². The van der Waals surface area contributed by atoms with Gasteiger partial charge in [0.25, 0.3) is 0 Å². The van der Waals surface area contributed by atoms with Gasteiger partial charge in [0, 0.05) is 35.5 Å². The summed E-state index contributed by atoms with van der Waals surface area (Å²) in [7, 11) is 3.44. The van der Waals surface area contributed by atoms with Crippen molar-refractivity contribution in [3.63, 3.8) is 0 Å². The van der Waals surface area contributed by atoms with Crippen LogP contribution in [-0.4, -0.2) is 26.8 Å². The van der Waals surface area contributed by atoms with Crippen LogP contribution < -0.4 is 10.5 Å². The molecule has 0 spiro atoms. The molecule has 35 heavy (non-hydrogen) atoms. The number of carbonyl (C=O) groups is 1. The number of rotatable bonds is 5. The molecule has 0 saturated heterocycles. The number of aromatic nitrogens is 3. The van der Waals surface area contributed by atoms with Crippen LogP contribution in [0.4, 0.5) is 14.5 Å². The van der Waals surface area contributed by atoms with Crippen LogP contribution in [0.15, 0.2) is 67.3 Å². The number of ether oxygens (including phenoxy) is 1. The van der Waals surface area contributed by atoms with Crippen LogP contribution in [0.1, 0.15) is 16.1 Å². The molecule has 0 unspecified atom stereocenters. The minimum atomic E-state index is -0.986. The summed E-state index contributed by atoms with van der Waals surface area (Å²) in [5.41, 5.74) is 8.54. The number of nitrogen functional groups attached to an aromatic ring is 1. The van der Waals surface area contributed by atoms with Gasteiger partial charge in [0.05, 0.1) is 41.6 Å². The van der Waals surface area contributed by atoms with Crippen LogP contribution in [0.2, 0.25) is 5.02 Å². The molecule has 0 saturated carbocycles. The van der Waals surface area contributed by atoms with E-state index in [-0.39, 0.29) is 11.3 Å². The van der Waals surface area contributed by atoms with Gasteiger partial charge in [-0.1, -0.05) is 17.7 Å². The topological polar surface area (TPSA) is 74.5 Å². The first-order valence-corrected chi connectivity index (χ1v) is 10.9. The number of aryl methyl sites for hydroxylation is 1. The quantitative estimate of drug-likeness (QED) is 0.250. The molecular weight excluding hydrogens is 474 g/mol. The Morgan fingerprint density at radius 1 is 1.11 bits per heavy atom. The molecule has 0 amide bonds. The zero-order valence-corrected chi connectivity index (χ0v) is 19.5. The molecule has 5 rings (SSSR count). The first kappa shape index (κ1) is 22.6. The third-order valence-electron chi connectivity index (χ3n) is 5.92. The maximum absolute atomic E-state index is 14.0. The van der Waals surface area contributed by atoms with Crippen molar-refractivity contribution in [3.8, 4) is 28.1 Å². The number of hydrogen-bond acceptors (Lipinski definition) is 4. The lowest BCUT2D eigenvalue weighted by atomic mass is 10.0. The van der Waals surface area contributed by atoms with E-state index < -0.39 is 23.1 Å². The van der Waals surface area contributed by atoms with E-state index in [1.165, 1.54) is 0 Å². The van der Waals surface area contributed by atoms with Gasteiger partial charge in [-0.05, 0) is 42.5 Å². The second kappa shape index (κ2) is 8.56. The Kier molecular flexibility index (Phi) is 5.53. The molecule has 0 aliphatic heterocycles. The van der Waals surface area contributed by atoms with Gasteiger partial charge in [0.15, 0.2) is 0 Å². The van der Waals surface area contributed by atoms with Crippen molar-refractivity contribution < 1.29 is 18.3 Å². The second-order valence-electron chi connectivity index (χ2n) is 8.00. The van der Waals surface area contributed by atoms with Crippen molar-refractivity contribution in [1.82, 2.24) is 14.0 Å². The summed E-state index contributed by atoms with van der Waals surface area (Å²) in [6, 6.07) is 12.5. The van der Waals surface area contributed by atoms with Gasteiger partial charge in [-0.25, -0.2) is 13.8 Å². The van der Waals surface area contributed by atoms with Crippen molar-refractivity contribution in [1.29, 1.82) is 0 Å². The number of nitrogens with two attached hydrogens (primary N) is 1. The summed E-state index contributed by atoms with van der Waals surface area (Å²) in [5.74, 6) is -1.98. The normalized spacial score (nSPS) is 11.2. The van der Waals surface area contributed by atoms with E-state index >= 15 is 0 Å². The van der Waals surface area contributed by atoms with Crippen LogP contribution >= 0.6 is 11.6 Å². The van der Waals surface area contributed by atoms with Crippen LogP contribution in [0.25, 0.3) is 27.9 Å². The third kappa shape index (κ3) is 3.72. The lowest BCUT2D eigenvalue weighted by molar-refractivity contribution is 0.103. The van der Waals surface area contributed by atoms with Crippen LogP contribution in [0.3, 0.4) is 0 Å². The Bertz CT molecular complexity index is 1600. The van der Waals surface area contributed by atoms with Gasteiger partial charge in [-0.2, -0.15) is 0 Å². The summed E-state index contributed by atoms with van der Waals surface area (Å²) in [5, 5.41) is 0.449. The van der Waals surface area contributed by atoms with E-state index in [9.17, 15) is 13.6 Å². The number of imidazole rings is 1. The lowest BCUT2D eigenvalue weighted by Gasteiger charge is -2.15. The molecule has 3 aromatic heterocycles. The molecule has 0 bridgehead atoms. The highest BCUT2D eigenvalue weighted by molar-refractivity contribution is 6.34. The summed E-state index contributed by atoms with van der Waals surface area (Å²) in [4.78, 5) is 17.3. The largest absolute Gasteiger partial charge is 0.496 e. The van der Waals surface area contributed by atoms with Crippen molar-refractivity contribution in [2.45, 2.75) is 0 Å². The summed E-state index contributed by atoms with van der Waals surface area (Å²) in [6.07, 6.45) is 5.13. The number of ketones is 1. The van der Waals surface area contributed by atoms with Crippen LogP contribution in [0.5, 0.6) is 5.75 Å². The zero-order valence-electron chi connectivity index (χ0n) is 18.7. The minimum absolute atomic E-state index is 0.143. The first-order valence-electron chi connectivity index (χ1n) is 10.5. The molecule has 0 fully saturated rings. The van der Waals surface area contributed by atoms with Gasteiger partial charge in [-0.3, -0.25) is 4.79 Å². The highest BCUT2D eigenvalue weighted by atomic mass is 35.5. The molecule has 3 heterocycles. The first-order chi connectivity index (χ1) is 16.8. The van der Waals surface area contributed by atoms with Crippen LogP contribution in [-0.2, 0) is 7.05 Å². The molecule has 0 atom stereocenters. The van der Waals surface area contributed by atoms with E-state index in [0.717, 1.165) is 29.0 Å². The van der Waals surface area contributed by atoms with Crippen LogP contribution in [0, 0.1) is 11.6 Å². The van der Waals surface area contributed by atoms with E-state index in [1.807, 2.05) is 29.8 Å². The summed E-state index contributed by atoms with van der Waals surface area (Å²) >= 11 is 6.75. The Labute approximate surface area is 204 Å². The molecular formula is C26H19ClF2N4O2. The summed E-state index contributed by atoms with van der Waals surface area (Å²) < 4.78 is 37.1. The average molecular weight is 493 g/mol. The predicted octanol–water partition coefficient (Wildman–Crippen LogP) is 5.76. The number of anilines is 1. The number of methoxy groups -OCH3 is 1. The molecule has 5 aromatic rings. The molecule has 0 aliphatic carbocycles. The molecule has 9 heteroatoms. The van der Waals surface area contributed by atoms with E-state index in [2.05, 4.69) is 4.98 Å². The highest BCUT2D eigenvalue weighted by Gasteiger charge is 2.21. The molecule has 6 nitrogen and oxygen atoms in total. The number of pyridine rings is 1. The smallest absolute Gasteiger partial charge is 0.209 e. The monoisotopic (exact) mass is 492 g/mol. The Morgan fingerprint density at radius 3 is 2.51 bits per heavy atom. The second-order valence-corrected chi connectivity index (χ2v) is 8.41. The number of benzene rings is 2. The summed E-state index contributed by atoms with van der Waals surface area (Å²) in [6.45, 7) is 0. The van der Waals surface area contributed by atoms with Gasteiger partial charge < -0.3 is 19.4 Å². The van der Waals surface area contributed by atoms with Crippen molar-refractivity contribution in [3.05, 3.63) is 95.2 Å². The number of carbonyl (C=O) groups excluding carboxylic acids is 1. The maximum Gasteiger partial charge on any atom is 0.209 e. The lowest BCUT2D eigenvalue weighted by Crippen LogP contribution is -2.08. The van der Waals surface area contributed by atoms with Crippen molar-refractivity contribution in [2.75, 3.05) is 12.8 Å². The van der Waals surface area contributed by atoms with E-state index in [1.54, 1.807) is 48.4 Å². The predicted molar refractivity (Wildman–Crippen MR) is 131 cm³/mol. The fourth-order valence-corrected chi connectivity index (χ4v) is 4.50. The molecule has 0 radical (unpaired) electrons. The Hall–Kier alpha value is -4.17. The van der Waals surface area contributed by atoms with Gasteiger partial charge in [-0.15, -0.1) is 0 Å². The van der Waals surface area contributed by atoms with Crippen molar-refractivity contribution in [2.24, 2.45) is 7.05 Å². The number of halogens is 3. The molecule has 176 valence electrons. The third-order valence-corrected chi connectivity index (χ3v) is 6.22. The SMILES string of the molecule is COc1cc(-c2cncn2C)cc(Cl)c1-c1cccn2c(C(=O)c3cc(F)c(N)c(F)c3)ccc12. The number of hydrogen-bond donors (Lipinski definition) is 1. The standard InChI is InChI=1S/C26H19ClF2N4O2/c1-32-13-31-12-22(32)14-8-17(27)24(23(11-14)35-2)16-4-3-7-33-20(16)5-6-21(33)26(34)15-9-18(28)25(30)19(29)10-15/h3-13H,30H2,1-2H3. The van der Waals surface area contributed by atoms with Gasteiger partial charge in [0.1, 0.15) is 23.1 Å². The highest BCUT2D eigenvalue weighted by Crippen LogP contribution is 2.42. The molecule has 2 aromatic carbocycles. The Balaban J connectivity index is 1.65. The fourth-order valence-electron chi connectivity index (χ4n) is 4.19. The maximum atomic E-state index is 14.0. The molecule has 2 N–H and O–H groups in total. The molecule has 0 aliphatic rings. The average Bonchev–Trinajstić information content (AvgIpc) is 3.47. The van der Waals surface area contributed by atoms with E-state index in [4.69, 9.17) is 22.1 Å².